The number of ether oxygens (including phenoxy) is 1. The number of carbonyl (C=O) groups excluding carboxylic acids is 2. The number of carbonyl (C=O) groups is 2. The lowest BCUT2D eigenvalue weighted by Crippen LogP contribution is -2.49. The fraction of sp³-hybridized carbons (Fsp3) is 0.552. The third-order valence-corrected chi connectivity index (χ3v) is 8.93. The highest BCUT2D eigenvalue weighted by Gasteiger charge is 2.48. The van der Waals surface area contributed by atoms with Crippen LogP contribution >= 0.6 is 23.2 Å². The van der Waals surface area contributed by atoms with Gasteiger partial charge in [-0.3, -0.25) is 9.59 Å². The molecule has 0 spiro atoms. The molecule has 2 aliphatic heterocycles. The van der Waals surface area contributed by atoms with Gasteiger partial charge in [-0.1, -0.05) is 42.3 Å². The normalized spacial score (nSPS) is 23.5. The lowest BCUT2D eigenvalue weighted by molar-refractivity contribution is -0.144. The van der Waals surface area contributed by atoms with Crippen LogP contribution in [-0.4, -0.2) is 59.4 Å². The van der Waals surface area contributed by atoms with E-state index in [0.717, 1.165) is 45.1 Å². The number of rotatable bonds is 7. The predicted octanol–water partition coefficient (Wildman–Crippen LogP) is 5.83. The van der Waals surface area contributed by atoms with Crippen LogP contribution in [0, 0.1) is 17.3 Å². The summed E-state index contributed by atoms with van der Waals surface area (Å²) in [5.74, 6) is 1.68. The van der Waals surface area contributed by atoms with Gasteiger partial charge in [0.2, 0.25) is 17.7 Å². The lowest BCUT2D eigenvalue weighted by atomic mass is 9.78. The zero-order valence-corrected chi connectivity index (χ0v) is 22.9. The van der Waals surface area contributed by atoms with Gasteiger partial charge in [0.1, 0.15) is 0 Å². The van der Waals surface area contributed by atoms with Gasteiger partial charge in [-0.15, -0.1) is 0 Å². The van der Waals surface area contributed by atoms with E-state index in [9.17, 15) is 9.59 Å². The number of piperidine rings is 2. The highest BCUT2D eigenvalue weighted by Crippen LogP contribution is 2.47. The third-order valence-electron chi connectivity index (χ3n) is 8.45. The summed E-state index contributed by atoms with van der Waals surface area (Å²) in [5.41, 5.74) is 1.06. The largest absolute Gasteiger partial charge is 0.478 e. The molecule has 5 rings (SSSR count). The molecular weight excluding hydrogens is 509 g/mol. The van der Waals surface area contributed by atoms with E-state index < -0.39 is 0 Å². The first-order chi connectivity index (χ1) is 17.8. The van der Waals surface area contributed by atoms with Gasteiger partial charge in [-0.25, -0.2) is 4.98 Å². The zero-order valence-electron chi connectivity index (χ0n) is 21.4. The first kappa shape index (κ1) is 26.3. The zero-order chi connectivity index (χ0) is 26.0. The van der Waals surface area contributed by atoms with Crippen LogP contribution in [0.15, 0.2) is 42.6 Å². The third kappa shape index (κ3) is 6.23. The molecule has 3 heterocycles. The molecule has 1 aromatic carbocycles. The number of benzene rings is 1. The van der Waals surface area contributed by atoms with Crippen molar-refractivity contribution in [3.8, 4) is 5.88 Å². The Bertz CT molecular complexity index is 1100. The van der Waals surface area contributed by atoms with Crippen molar-refractivity contribution in [1.82, 2.24) is 14.8 Å². The smallest absolute Gasteiger partial charge is 0.228 e. The second-order valence-corrected chi connectivity index (χ2v) is 11.9. The standard InChI is InChI=1S/C29H35Cl2N3O3/c1-29(12-13-29)28(36)33-14-9-22(10-15-33)27(35)34-16-8-21(11-17-37-26-7-6-24(31)18-32-26)25(19-34)20-2-4-23(30)5-3-20/h2-7,18,21-22,25H,8-17,19H2,1H3/t21-,25+/m0/s1. The molecule has 2 aromatic rings. The van der Waals surface area contributed by atoms with Crippen LogP contribution in [0.25, 0.3) is 0 Å². The molecular formula is C29H35Cl2N3O3. The predicted molar refractivity (Wildman–Crippen MR) is 145 cm³/mol. The molecule has 0 radical (unpaired) electrons. The maximum atomic E-state index is 13.6. The molecule has 198 valence electrons. The second kappa shape index (κ2) is 11.2. The summed E-state index contributed by atoms with van der Waals surface area (Å²) in [6.45, 7) is 5.45. The maximum absolute atomic E-state index is 13.6. The van der Waals surface area contributed by atoms with Gasteiger partial charge in [0.15, 0.2) is 0 Å². The Balaban J connectivity index is 1.20. The van der Waals surface area contributed by atoms with E-state index in [4.69, 9.17) is 27.9 Å². The molecule has 0 bridgehead atoms. The van der Waals surface area contributed by atoms with E-state index in [-0.39, 0.29) is 29.1 Å². The molecule has 8 heteroatoms. The average Bonchev–Trinajstić information content (AvgIpc) is 3.68. The van der Waals surface area contributed by atoms with Crippen LogP contribution in [0.3, 0.4) is 0 Å². The van der Waals surface area contributed by atoms with Crippen molar-refractivity contribution in [3.05, 3.63) is 58.2 Å². The van der Waals surface area contributed by atoms with Crippen LogP contribution in [0.1, 0.15) is 56.9 Å². The Morgan fingerprint density at radius 1 is 0.973 bits per heavy atom. The van der Waals surface area contributed by atoms with Crippen LogP contribution in [-0.2, 0) is 9.59 Å². The van der Waals surface area contributed by atoms with E-state index in [1.165, 1.54) is 5.56 Å². The highest BCUT2D eigenvalue weighted by molar-refractivity contribution is 6.30. The van der Waals surface area contributed by atoms with Crippen LogP contribution in [0.4, 0.5) is 0 Å². The first-order valence-corrected chi connectivity index (χ1v) is 14.2. The number of amides is 2. The summed E-state index contributed by atoms with van der Waals surface area (Å²) in [6.07, 6.45) is 6.89. The van der Waals surface area contributed by atoms with Gasteiger partial charge in [-0.05, 0) is 68.2 Å². The van der Waals surface area contributed by atoms with Crippen molar-refractivity contribution in [1.29, 1.82) is 0 Å². The number of aromatic nitrogens is 1. The van der Waals surface area contributed by atoms with Crippen molar-refractivity contribution in [2.45, 2.75) is 51.4 Å². The minimum absolute atomic E-state index is 0.00205. The van der Waals surface area contributed by atoms with Crippen molar-refractivity contribution < 1.29 is 14.3 Å². The van der Waals surface area contributed by atoms with Crippen LogP contribution in [0.2, 0.25) is 10.0 Å². The molecule has 0 N–H and O–H groups in total. The van der Waals surface area contributed by atoms with Crippen molar-refractivity contribution in [2.75, 3.05) is 32.8 Å². The molecule has 3 fully saturated rings. The van der Waals surface area contributed by atoms with Crippen molar-refractivity contribution >= 4 is 35.0 Å². The summed E-state index contributed by atoms with van der Waals surface area (Å²) in [5, 5.41) is 1.30. The Hall–Kier alpha value is -2.31. The molecule has 1 aliphatic carbocycles. The summed E-state index contributed by atoms with van der Waals surface area (Å²) < 4.78 is 5.89. The quantitative estimate of drug-likeness (QED) is 0.440. The molecule has 2 atom stereocenters. The first-order valence-electron chi connectivity index (χ1n) is 13.4. The fourth-order valence-electron chi connectivity index (χ4n) is 5.77. The van der Waals surface area contributed by atoms with Gasteiger partial charge in [0.05, 0.1) is 11.6 Å². The minimum Gasteiger partial charge on any atom is -0.478 e. The molecule has 37 heavy (non-hydrogen) atoms. The molecule has 1 saturated carbocycles. The minimum atomic E-state index is -0.141. The van der Waals surface area contributed by atoms with Crippen LogP contribution in [0.5, 0.6) is 5.88 Å². The SMILES string of the molecule is CC1(C(=O)N2CCC(C(=O)N3CC[C@@H](CCOc4ccc(Cl)cn4)[C@@H](c4ccc(Cl)cc4)C3)CC2)CC1. The number of hydrogen-bond acceptors (Lipinski definition) is 4. The molecule has 1 aromatic heterocycles. The van der Waals surface area contributed by atoms with Gasteiger partial charge in [0.25, 0.3) is 0 Å². The Morgan fingerprint density at radius 2 is 1.65 bits per heavy atom. The average molecular weight is 545 g/mol. The van der Waals surface area contributed by atoms with Gasteiger partial charge in [0, 0.05) is 60.7 Å². The van der Waals surface area contributed by atoms with E-state index in [1.54, 1.807) is 18.3 Å². The molecule has 0 unspecified atom stereocenters. The van der Waals surface area contributed by atoms with Crippen LogP contribution < -0.4 is 4.74 Å². The topological polar surface area (TPSA) is 62.7 Å². The summed E-state index contributed by atoms with van der Waals surface area (Å²) >= 11 is 12.1. The van der Waals surface area contributed by atoms with E-state index >= 15 is 0 Å². The molecule has 2 amide bonds. The van der Waals surface area contributed by atoms with E-state index in [2.05, 4.69) is 28.9 Å². The number of likely N-dealkylation sites (tertiary alicyclic amines) is 2. The monoisotopic (exact) mass is 543 g/mol. The van der Waals surface area contributed by atoms with Crippen molar-refractivity contribution in [3.63, 3.8) is 0 Å². The Kier molecular flexibility index (Phi) is 7.96. The van der Waals surface area contributed by atoms with E-state index in [1.807, 2.05) is 17.0 Å². The molecule has 2 saturated heterocycles. The van der Waals surface area contributed by atoms with Gasteiger partial charge < -0.3 is 14.5 Å². The fourth-order valence-corrected chi connectivity index (χ4v) is 6.00. The van der Waals surface area contributed by atoms with Crippen molar-refractivity contribution in [2.24, 2.45) is 17.3 Å². The second-order valence-electron chi connectivity index (χ2n) is 11.1. The Morgan fingerprint density at radius 3 is 2.30 bits per heavy atom. The molecule has 6 nitrogen and oxygen atoms in total. The number of nitrogens with zero attached hydrogens (tertiary/aromatic N) is 3. The summed E-state index contributed by atoms with van der Waals surface area (Å²) in [6, 6.07) is 11.6. The lowest BCUT2D eigenvalue weighted by Gasteiger charge is -2.41. The van der Waals surface area contributed by atoms with Gasteiger partial charge >= 0.3 is 0 Å². The summed E-state index contributed by atoms with van der Waals surface area (Å²) in [7, 11) is 0. The van der Waals surface area contributed by atoms with Gasteiger partial charge in [-0.2, -0.15) is 0 Å². The Labute approximate surface area is 229 Å². The number of halogens is 2. The van der Waals surface area contributed by atoms with E-state index in [0.29, 0.717) is 48.1 Å². The molecule has 3 aliphatic rings. The highest BCUT2D eigenvalue weighted by atomic mass is 35.5. The number of pyridine rings is 1. The maximum Gasteiger partial charge on any atom is 0.228 e. The number of hydrogen-bond donors (Lipinski definition) is 0. The summed E-state index contributed by atoms with van der Waals surface area (Å²) in [4.78, 5) is 34.5.